The smallest absolute Gasteiger partial charge is 0.240 e. The molecule has 0 aromatic rings. The molecule has 17 heavy (non-hydrogen) atoms. The van der Waals surface area contributed by atoms with E-state index in [1.807, 2.05) is 0 Å². The number of nitrogens with one attached hydrogen (secondary N) is 1. The number of hydrogen-bond acceptors (Lipinski definition) is 3. The first kappa shape index (κ1) is 12.8. The van der Waals surface area contributed by atoms with Crippen LogP contribution in [0.15, 0.2) is 0 Å². The summed E-state index contributed by atoms with van der Waals surface area (Å²) in [5.41, 5.74) is 0.0166. The zero-order valence-corrected chi connectivity index (χ0v) is 11.2. The van der Waals surface area contributed by atoms with E-state index in [1.54, 1.807) is 0 Å². The number of likely N-dealkylation sites (tertiary alicyclic amines) is 1. The van der Waals surface area contributed by atoms with Gasteiger partial charge in [-0.15, -0.1) is 0 Å². The van der Waals surface area contributed by atoms with E-state index in [1.165, 1.54) is 0 Å². The van der Waals surface area contributed by atoms with Gasteiger partial charge in [-0.3, -0.25) is 4.79 Å². The quantitative estimate of drug-likeness (QED) is 0.804. The Bertz CT molecular complexity index is 285. The second-order valence-corrected chi connectivity index (χ2v) is 5.76. The molecule has 0 aliphatic carbocycles. The molecule has 2 aliphatic rings. The maximum atomic E-state index is 12.4. The molecule has 0 radical (unpaired) electrons. The van der Waals surface area contributed by atoms with Crippen molar-refractivity contribution < 1.29 is 9.53 Å². The van der Waals surface area contributed by atoms with E-state index < -0.39 is 0 Å². The molecule has 98 valence electrons. The van der Waals surface area contributed by atoms with E-state index in [0.29, 0.717) is 6.04 Å². The molecule has 2 rings (SSSR count). The van der Waals surface area contributed by atoms with E-state index in [2.05, 4.69) is 31.0 Å². The Balaban J connectivity index is 2.01. The van der Waals surface area contributed by atoms with Gasteiger partial charge in [-0.2, -0.15) is 0 Å². The highest BCUT2D eigenvalue weighted by Gasteiger charge is 2.43. The first-order valence-corrected chi connectivity index (χ1v) is 6.68. The van der Waals surface area contributed by atoms with Gasteiger partial charge in [-0.25, -0.2) is 0 Å². The van der Waals surface area contributed by atoms with Gasteiger partial charge in [-0.05, 0) is 26.2 Å². The third kappa shape index (κ3) is 2.63. The molecule has 1 atom stereocenters. The van der Waals surface area contributed by atoms with Gasteiger partial charge in [0.25, 0.3) is 0 Å². The zero-order chi connectivity index (χ0) is 12.5. The summed E-state index contributed by atoms with van der Waals surface area (Å²) < 4.78 is 5.40. The predicted molar refractivity (Wildman–Crippen MR) is 66.8 cm³/mol. The van der Waals surface area contributed by atoms with E-state index >= 15 is 0 Å². The number of ether oxygens (including phenoxy) is 1. The summed E-state index contributed by atoms with van der Waals surface area (Å²) in [6.07, 6.45) is 2.87. The largest absolute Gasteiger partial charge is 0.381 e. The van der Waals surface area contributed by atoms with Crippen molar-refractivity contribution in [2.75, 3.05) is 19.8 Å². The van der Waals surface area contributed by atoms with Crippen LogP contribution in [0, 0.1) is 0 Å². The summed E-state index contributed by atoms with van der Waals surface area (Å²) in [6.45, 7) is 8.83. The van der Waals surface area contributed by atoms with Gasteiger partial charge in [0.15, 0.2) is 0 Å². The highest BCUT2D eigenvalue weighted by atomic mass is 16.5. The molecule has 2 saturated heterocycles. The fraction of sp³-hybridized carbons (Fsp3) is 0.923. The number of carbonyl (C=O) groups is 1. The maximum Gasteiger partial charge on any atom is 0.240 e. The van der Waals surface area contributed by atoms with Crippen LogP contribution in [0.1, 0.15) is 40.0 Å². The minimum atomic E-state index is 0.0166. The molecule has 0 spiro atoms. The van der Waals surface area contributed by atoms with Crippen LogP contribution in [0.3, 0.4) is 0 Å². The van der Waals surface area contributed by atoms with Gasteiger partial charge in [0.2, 0.25) is 5.91 Å². The summed E-state index contributed by atoms with van der Waals surface area (Å²) in [5, 5.41) is 3.36. The van der Waals surface area contributed by atoms with E-state index in [4.69, 9.17) is 4.74 Å². The Hall–Kier alpha value is -0.610. The average molecular weight is 240 g/mol. The monoisotopic (exact) mass is 240 g/mol. The van der Waals surface area contributed by atoms with Crippen LogP contribution < -0.4 is 5.32 Å². The highest BCUT2D eigenvalue weighted by Crippen LogP contribution is 2.31. The lowest BCUT2D eigenvalue weighted by molar-refractivity contribution is -0.137. The van der Waals surface area contributed by atoms with Gasteiger partial charge in [0.05, 0.1) is 6.04 Å². The first-order chi connectivity index (χ1) is 8.03. The molecule has 4 nitrogen and oxygen atoms in total. The van der Waals surface area contributed by atoms with Crippen molar-refractivity contribution >= 4 is 5.91 Å². The Labute approximate surface area is 104 Å². The Morgan fingerprint density at radius 1 is 1.41 bits per heavy atom. The highest BCUT2D eigenvalue weighted by molar-refractivity contribution is 5.84. The number of nitrogens with zero attached hydrogens (tertiary/aromatic N) is 1. The second kappa shape index (κ2) is 4.94. The van der Waals surface area contributed by atoms with Crippen LogP contribution in [0.5, 0.6) is 0 Å². The standard InChI is InChI=1S/C13H24N2O2/c1-10(2)14-11-4-7-15(12(11)16)13(3)5-8-17-9-6-13/h10-11,14H,4-9H2,1-3H3. The topological polar surface area (TPSA) is 41.6 Å². The molecule has 1 unspecified atom stereocenters. The van der Waals surface area contributed by atoms with Crippen molar-refractivity contribution in [1.82, 2.24) is 10.2 Å². The fourth-order valence-electron chi connectivity index (χ4n) is 2.85. The summed E-state index contributed by atoms with van der Waals surface area (Å²) >= 11 is 0. The van der Waals surface area contributed by atoms with Crippen molar-refractivity contribution in [2.45, 2.75) is 57.7 Å². The molecule has 2 heterocycles. The number of carbonyl (C=O) groups excluding carboxylic acids is 1. The summed E-state index contributed by atoms with van der Waals surface area (Å²) in [7, 11) is 0. The third-order valence-electron chi connectivity index (χ3n) is 3.96. The van der Waals surface area contributed by atoms with Crippen LogP contribution in [0.25, 0.3) is 0 Å². The molecular weight excluding hydrogens is 216 g/mol. The van der Waals surface area contributed by atoms with Crippen molar-refractivity contribution in [2.24, 2.45) is 0 Å². The van der Waals surface area contributed by atoms with Gasteiger partial charge in [-0.1, -0.05) is 13.8 Å². The van der Waals surface area contributed by atoms with Crippen LogP contribution in [-0.2, 0) is 9.53 Å². The van der Waals surface area contributed by atoms with E-state index in [9.17, 15) is 4.79 Å². The van der Waals surface area contributed by atoms with E-state index in [-0.39, 0.29) is 17.5 Å². The molecule has 0 saturated carbocycles. The Morgan fingerprint density at radius 2 is 2.06 bits per heavy atom. The van der Waals surface area contributed by atoms with Crippen LogP contribution in [-0.4, -0.2) is 48.2 Å². The number of amides is 1. The van der Waals surface area contributed by atoms with E-state index in [0.717, 1.165) is 39.0 Å². The second-order valence-electron chi connectivity index (χ2n) is 5.76. The number of hydrogen-bond donors (Lipinski definition) is 1. The molecular formula is C13H24N2O2. The SMILES string of the molecule is CC(C)NC1CCN(C2(C)CCOCC2)C1=O. The third-order valence-corrected chi connectivity index (χ3v) is 3.96. The lowest BCUT2D eigenvalue weighted by Crippen LogP contribution is -2.53. The minimum absolute atomic E-state index is 0.0166. The molecule has 2 aliphatic heterocycles. The first-order valence-electron chi connectivity index (χ1n) is 6.68. The fourth-order valence-corrected chi connectivity index (χ4v) is 2.85. The normalized spacial score (nSPS) is 29.1. The number of rotatable bonds is 3. The van der Waals surface area contributed by atoms with Gasteiger partial charge in [0.1, 0.15) is 0 Å². The minimum Gasteiger partial charge on any atom is -0.381 e. The van der Waals surface area contributed by atoms with Crippen LogP contribution in [0.2, 0.25) is 0 Å². The molecule has 0 aromatic carbocycles. The Kier molecular flexibility index (Phi) is 3.73. The summed E-state index contributed by atoms with van der Waals surface area (Å²) in [5.74, 6) is 0.281. The maximum absolute atomic E-state index is 12.4. The molecule has 0 aromatic heterocycles. The molecule has 4 heteroatoms. The predicted octanol–water partition coefficient (Wildman–Crippen LogP) is 1.15. The molecule has 1 N–H and O–H groups in total. The zero-order valence-electron chi connectivity index (χ0n) is 11.2. The Morgan fingerprint density at radius 3 is 2.65 bits per heavy atom. The molecule has 1 amide bonds. The van der Waals surface area contributed by atoms with Crippen molar-refractivity contribution in [3.05, 3.63) is 0 Å². The summed E-state index contributed by atoms with van der Waals surface area (Å²) in [4.78, 5) is 14.4. The van der Waals surface area contributed by atoms with Crippen molar-refractivity contribution in [3.8, 4) is 0 Å². The molecule has 0 bridgehead atoms. The average Bonchev–Trinajstić information content (AvgIpc) is 2.61. The molecule has 2 fully saturated rings. The van der Waals surface area contributed by atoms with Crippen molar-refractivity contribution in [3.63, 3.8) is 0 Å². The lowest BCUT2D eigenvalue weighted by atomic mass is 9.90. The van der Waals surface area contributed by atoms with Gasteiger partial charge in [0, 0.05) is 31.3 Å². The lowest BCUT2D eigenvalue weighted by Gasteiger charge is -2.41. The summed E-state index contributed by atoms with van der Waals surface area (Å²) in [6, 6.07) is 0.390. The van der Waals surface area contributed by atoms with Crippen molar-refractivity contribution in [1.29, 1.82) is 0 Å². The van der Waals surface area contributed by atoms with Gasteiger partial charge < -0.3 is 15.0 Å². The van der Waals surface area contributed by atoms with Crippen LogP contribution in [0.4, 0.5) is 0 Å². The van der Waals surface area contributed by atoms with Crippen LogP contribution >= 0.6 is 0 Å². The van der Waals surface area contributed by atoms with Gasteiger partial charge >= 0.3 is 0 Å².